The van der Waals surface area contributed by atoms with E-state index in [1.165, 1.54) is 12.8 Å². The highest BCUT2D eigenvalue weighted by Gasteiger charge is 2.46. The average molecular weight is 355 g/mol. The molecule has 0 aromatic rings. The van der Waals surface area contributed by atoms with Crippen LogP contribution in [0.25, 0.3) is 0 Å². The van der Waals surface area contributed by atoms with Crippen LogP contribution in [-0.4, -0.2) is 52.4 Å². The van der Waals surface area contributed by atoms with Crippen LogP contribution in [-0.2, 0) is 9.59 Å². The van der Waals surface area contributed by atoms with Crippen LogP contribution in [0.2, 0.25) is 0 Å². The van der Waals surface area contributed by atoms with Crippen LogP contribution < -0.4 is 10.6 Å². The molecule has 6 nitrogen and oxygen atoms in total. The first-order valence-electron chi connectivity index (χ1n) is 9.31. The summed E-state index contributed by atoms with van der Waals surface area (Å²) >= 11 is 0. The van der Waals surface area contributed by atoms with Crippen LogP contribution in [0, 0.1) is 11.8 Å². The third-order valence-electron chi connectivity index (χ3n) is 5.70. The number of fused-ring (bicyclic) bond motifs is 1. The smallest absolute Gasteiger partial charge is 0.251 e. The summed E-state index contributed by atoms with van der Waals surface area (Å²) in [4.78, 5) is 25.0. The van der Waals surface area contributed by atoms with Gasteiger partial charge in [-0.2, -0.15) is 0 Å². The van der Waals surface area contributed by atoms with Gasteiger partial charge in [-0.05, 0) is 43.9 Å². The van der Waals surface area contributed by atoms with Crippen LogP contribution in [0.15, 0.2) is 0 Å². The number of amides is 2. The van der Waals surface area contributed by atoms with E-state index in [0.29, 0.717) is 18.3 Å². The van der Waals surface area contributed by atoms with Crippen LogP contribution in [0.4, 0.5) is 0 Å². The summed E-state index contributed by atoms with van der Waals surface area (Å²) in [5, 5.41) is 16.2. The first-order valence-corrected chi connectivity index (χ1v) is 9.83. The van der Waals surface area contributed by atoms with E-state index in [9.17, 15) is 14.7 Å². The van der Waals surface area contributed by atoms with Crippen molar-refractivity contribution < 1.29 is 14.7 Å². The fourth-order valence-electron chi connectivity index (χ4n) is 4.27. The largest absolute Gasteiger partial charge is 0.381 e. The molecule has 2 aliphatic carbocycles. The number of nitrogens with zero attached hydrogens (tertiary/aromatic N) is 1. The average Bonchev–Trinajstić information content (AvgIpc) is 3.14. The fourth-order valence-corrected chi connectivity index (χ4v) is 4.90. The number of nitrogens with one attached hydrogen (secondary N) is 2. The Bertz CT molecular complexity index is 486. The number of aliphatic hydroxyl groups excluding tert-OH is 1. The molecule has 0 aromatic carbocycles. The molecule has 1 aliphatic heterocycles. The Morgan fingerprint density at radius 1 is 1.29 bits per heavy atom. The molecule has 2 saturated carbocycles. The predicted octanol–water partition coefficient (Wildman–Crippen LogP) is 0.801. The van der Waals surface area contributed by atoms with Gasteiger partial charge in [0, 0.05) is 12.6 Å². The number of aliphatic hydroxyl groups is 1. The van der Waals surface area contributed by atoms with Crippen molar-refractivity contribution in [1.29, 1.82) is 0 Å². The van der Waals surface area contributed by atoms with Gasteiger partial charge in [-0.3, -0.25) is 14.3 Å². The summed E-state index contributed by atoms with van der Waals surface area (Å²) < 4.78 is 2.06. The van der Waals surface area contributed by atoms with E-state index in [-0.39, 0.29) is 23.9 Å². The zero-order valence-corrected chi connectivity index (χ0v) is 15.6. The second kappa shape index (κ2) is 7.67. The number of hydrogen-bond donors (Lipinski definition) is 3. The minimum absolute atomic E-state index is 0.0453. The van der Waals surface area contributed by atoms with Crippen molar-refractivity contribution in [2.24, 2.45) is 11.8 Å². The molecule has 3 aliphatic rings. The molecular formula is C17H30N3O3P. The minimum Gasteiger partial charge on any atom is -0.381 e. The Morgan fingerprint density at radius 2 is 2.04 bits per heavy atom. The number of carbonyl (C=O) groups is 2. The monoisotopic (exact) mass is 355 g/mol. The van der Waals surface area contributed by atoms with Gasteiger partial charge >= 0.3 is 0 Å². The molecule has 0 spiro atoms. The lowest BCUT2D eigenvalue weighted by Crippen LogP contribution is -2.54. The van der Waals surface area contributed by atoms with Crippen molar-refractivity contribution in [3.05, 3.63) is 0 Å². The summed E-state index contributed by atoms with van der Waals surface area (Å²) in [5.74, 6) is 0.605. The molecule has 2 unspecified atom stereocenters. The Balaban J connectivity index is 1.61. The van der Waals surface area contributed by atoms with Gasteiger partial charge in [0.25, 0.3) is 5.91 Å². The molecule has 3 N–H and O–H groups in total. The van der Waals surface area contributed by atoms with Gasteiger partial charge in [0.15, 0.2) is 6.10 Å². The highest BCUT2D eigenvalue weighted by atomic mass is 31.0. The highest BCUT2D eigenvalue weighted by Crippen LogP contribution is 2.43. The van der Waals surface area contributed by atoms with Gasteiger partial charge < -0.3 is 15.7 Å². The summed E-state index contributed by atoms with van der Waals surface area (Å²) in [6.45, 7) is 2.94. The summed E-state index contributed by atoms with van der Waals surface area (Å²) in [5.41, 5.74) is 0. The van der Waals surface area contributed by atoms with E-state index in [4.69, 9.17) is 0 Å². The zero-order valence-electron chi connectivity index (χ0n) is 14.4. The molecule has 0 radical (unpaired) electrons. The highest BCUT2D eigenvalue weighted by molar-refractivity contribution is 7.13. The van der Waals surface area contributed by atoms with E-state index >= 15 is 0 Å². The lowest BCUT2D eigenvalue weighted by molar-refractivity contribution is -0.133. The van der Waals surface area contributed by atoms with Crippen LogP contribution in [0.5, 0.6) is 0 Å². The molecular weight excluding hydrogens is 325 g/mol. The van der Waals surface area contributed by atoms with E-state index in [1.54, 1.807) is 0 Å². The SMILES string of the molecule is CCC[C@H](NC(=O)[C@@H]1[C@H]2CCC[C@H]2CN1P)C(O)C(=O)NC1CC1. The lowest BCUT2D eigenvalue weighted by atomic mass is 9.93. The molecule has 1 heterocycles. The van der Waals surface area contributed by atoms with Gasteiger partial charge in [-0.15, -0.1) is 0 Å². The van der Waals surface area contributed by atoms with E-state index in [2.05, 4.69) is 24.7 Å². The second-order valence-electron chi connectivity index (χ2n) is 7.63. The van der Waals surface area contributed by atoms with Crippen molar-refractivity contribution in [3.8, 4) is 0 Å². The van der Waals surface area contributed by atoms with Crippen molar-refractivity contribution in [2.75, 3.05) is 6.54 Å². The molecule has 6 atom stereocenters. The third kappa shape index (κ3) is 3.92. The quantitative estimate of drug-likeness (QED) is 0.590. The third-order valence-corrected chi connectivity index (χ3v) is 6.23. The van der Waals surface area contributed by atoms with E-state index < -0.39 is 12.1 Å². The Kier molecular flexibility index (Phi) is 5.78. The molecule has 3 fully saturated rings. The fraction of sp³-hybridized carbons (Fsp3) is 0.882. The molecule has 136 valence electrons. The topological polar surface area (TPSA) is 81.7 Å². The standard InChI is InChI=1S/C17H30N3O3P/c1-2-4-13(15(21)17(23)18-11-7-8-11)19-16(22)14-12-6-3-5-10(12)9-20(14)24/h10-15,21H,2-9,24H2,1H3,(H,18,23)(H,19,22)/t10-,12-,13-,14-,15?/m0/s1. The van der Waals surface area contributed by atoms with Gasteiger partial charge in [0.1, 0.15) is 0 Å². The van der Waals surface area contributed by atoms with Crippen LogP contribution in [0.3, 0.4) is 0 Å². The molecule has 3 rings (SSSR count). The van der Waals surface area contributed by atoms with Gasteiger partial charge in [0.05, 0.1) is 12.1 Å². The Hall–Kier alpha value is -0.710. The van der Waals surface area contributed by atoms with Crippen LogP contribution in [0.1, 0.15) is 51.9 Å². The van der Waals surface area contributed by atoms with Gasteiger partial charge in [0.2, 0.25) is 5.91 Å². The predicted molar refractivity (Wildman–Crippen MR) is 95.0 cm³/mol. The molecule has 0 bridgehead atoms. The summed E-state index contributed by atoms with van der Waals surface area (Å²) in [7, 11) is 2.68. The van der Waals surface area contributed by atoms with Gasteiger partial charge in [-0.1, -0.05) is 29.2 Å². The van der Waals surface area contributed by atoms with Gasteiger partial charge in [-0.25, -0.2) is 0 Å². The number of carbonyl (C=O) groups excluding carboxylic acids is 2. The maximum absolute atomic E-state index is 12.8. The van der Waals surface area contributed by atoms with Crippen molar-refractivity contribution >= 4 is 21.2 Å². The van der Waals surface area contributed by atoms with E-state index in [1.807, 2.05) is 6.92 Å². The van der Waals surface area contributed by atoms with Crippen molar-refractivity contribution in [3.63, 3.8) is 0 Å². The second-order valence-corrected chi connectivity index (χ2v) is 8.29. The molecule has 2 amide bonds. The summed E-state index contributed by atoms with van der Waals surface area (Å²) in [6, 6.07) is -0.456. The first-order chi connectivity index (χ1) is 11.5. The lowest BCUT2D eigenvalue weighted by Gasteiger charge is -2.28. The van der Waals surface area contributed by atoms with Crippen molar-refractivity contribution in [2.45, 2.75) is 76.1 Å². The van der Waals surface area contributed by atoms with E-state index in [0.717, 1.165) is 32.2 Å². The maximum atomic E-state index is 12.8. The summed E-state index contributed by atoms with van der Waals surface area (Å²) in [6.07, 6.45) is 5.69. The maximum Gasteiger partial charge on any atom is 0.251 e. The minimum atomic E-state index is -1.17. The Morgan fingerprint density at radius 3 is 2.71 bits per heavy atom. The normalized spacial score (nSPS) is 32.2. The molecule has 0 aromatic heterocycles. The van der Waals surface area contributed by atoms with Crippen molar-refractivity contribution in [1.82, 2.24) is 15.3 Å². The zero-order chi connectivity index (χ0) is 17.3. The number of hydrogen-bond acceptors (Lipinski definition) is 4. The molecule has 1 saturated heterocycles. The molecule has 7 heteroatoms. The number of rotatable bonds is 7. The first kappa shape index (κ1) is 18.1. The Labute approximate surface area is 146 Å². The van der Waals surface area contributed by atoms with Crippen LogP contribution >= 0.6 is 9.39 Å². The molecule has 24 heavy (non-hydrogen) atoms.